The molecule has 0 spiro atoms. The number of piperidine rings is 1. The topological polar surface area (TPSA) is 29.1 Å². The van der Waals surface area contributed by atoms with Crippen LogP contribution in [0.25, 0.3) is 0 Å². The highest BCUT2D eigenvalue weighted by molar-refractivity contribution is 5.77. The van der Waals surface area contributed by atoms with Crippen molar-refractivity contribution in [3.63, 3.8) is 0 Å². The Kier molecular flexibility index (Phi) is 3.67. The van der Waals surface area contributed by atoms with Gasteiger partial charge < -0.3 is 5.32 Å². The summed E-state index contributed by atoms with van der Waals surface area (Å²) in [6, 6.07) is 6.95. The molecule has 1 N–H and O–H groups in total. The second-order valence-electron chi connectivity index (χ2n) is 4.24. The zero-order valence-electron chi connectivity index (χ0n) is 9.16. The van der Waals surface area contributed by atoms with Crippen molar-refractivity contribution < 1.29 is 9.18 Å². The predicted molar refractivity (Wildman–Crippen MR) is 61.3 cm³/mol. The van der Waals surface area contributed by atoms with Gasteiger partial charge in [-0.2, -0.15) is 0 Å². The van der Waals surface area contributed by atoms with Gasteiger partial charge in [0, 0.05) is 5.56 Å². The van der Waals surface area contributed by atoms with E-state index < -0.39 is 6.17 Å². The second kappa shape index (κ2) is 5.21. The molecule has 0 saturated carbocycles. The maximum atomic E-state index is 14.3. The van der Waals surface area contributed by atoms with Crippen molar-refractivity contribution in [2.24, 2.45) is 5.92 Å². The molecule has 16 heavy (non-hydrogen) atoms. The van der Waals surface area contributed by atoms with E-state index in [-0.39, 0.29) is 5.92 Å². The molecular weight excluding hydrogens is 205 g/mol. The number of hydrogen-bond donors (Lipinski definition) is 1. The van der Waals surface area contributed by atoms with E-state index >= 15 is 0 Å². The van der Waals surface area contributed by atoms with Gasteiger partial charge in [-0.15, -0.1) is 0 Å². The zero-order valence-corrected chi connectivity index (χ0v) is 9.16. The Hall–Kier alpha value is -1.22. The lowest BCUT2D eigenvalue weighted by Gasteiger charge is -2.26. The van der Waals surface area contributed by atoms with Crippen LogP contribution in [0.3, 0.4) is 0 Å². The standard InChI is InChI=1S/C13H16FNO/c14-13(10-5-7-15-8-6-10)12-4-2-1-3-11(12)9-16/h1-4,9-10,13,15H,5-8H2. The van der Waals surface area contributed by atoms with Crippen molar-refractivity contribution in [1.82, 2.24) is 5.32 Å². The quantitative estimate of drug-likeness (QED) is 0.794. The molecule has 1 saturated heterocycles. The van der Waals surface area contributed by atoms with E-state index in [2.05, 4.69) is 5.32 Å². The second-order valence-corrected chi connectivity index (χ2v) is 4.24. The lowest BCUT2D eigenvalue weighted by molar-refractivity contribution is 0.111. The Morgan fingerprint density at radius 1 is 1.31 bits per heavy atom. The van der Waals surface area contributed by atoms with Crippen molar-refractivity contribution in [3.8, 4) is 0 Å². The molecule has 1 aliphatic heterocycles. The first-order valence-electron chi connectivity index (χ1n) is 5.72. The van der Waals surface area contributed by atoms with Gasteiger partial charge in [0.05, 0.1) is 0 Å². The number of nitrogens with one attached hydrogen (secondary N) is 1. The molecule has 0 aliphatic carbocycles. The normalized spacial score (nSPS) is 19.3. The third-order valence-electron chi connectivity index (χ3n) is 3.22. The molecule has 1 unspecified atom stereocenters. The van der Waals surface area contributed by atoms with Crippen LogP contribution < -0.4 is 5.32 Å². The van der Waals surface area contributed by atoms with E-state index in [9.17, 15) is 9.18 Å². The monoisotopic (exact) mass is 221 g/mol. The van der Waals surface area contributed by atoms with Gasteiger partial charge in [0.15, 0.2) is 0 Å². The molecule has 0 radical (unpaired) electrons. The average molecular weight is 221 g/mol. The van der Waals surface area contributed by atoms with Crippen molar-refractivity contribution in [2.75, 3.05) is 13.1 Å². The van der Waals surface area contributed by atoms with Crippen LogP contribution in [-0.2, 0) is 0 Å². The van der Waals surface area contributed by atoms with Gasteiger partial charge in [-0.3, -0.25) is 4.79 Å². The summed E-state index contributed by atoms with van der Waals surface area (Å²) in [5.74, 6) is 0.0438. The molecule has 1 atom stereocenters. The first-order valence-corrected chi connectivity index (χ1v) is 5.72. The van der Waals surface area contributed by atoms with Gasteiger partial charge in [0.1, 0.15) is 12.5 Å². The number of alkyl halides is 1. The Labute approximate surface area is 94.9 Å². The van der Waals surface area contributed by atoms with Crippen LogP contribution in [0.5, 0.6) is 0 Å². The first-order chi connectivity index (χ1) is 7.83. The van der Waals surface area contributed by atoms with E-state index in [0.717, 1.165) is 32.2 Å². The van der Waals surface area contributed by atoms with Crippen molar-refractivity contribution in [3.05, 3.63) is 35.4 Å². The Morgan fingerprint density at radius 3 is 2.69 bits per heavy atom. The van der Waals surface area contributed by atoms with Gasteiger partial charge in [-0.1, -0.05) is 24.3 Å². The maximum Gasteiger partial charge on any atom is 0.150 e. The van der Waals surface area contributed by atoms with E-state index in [1.807, 2.05) is 0 Å². The average Bonchev–Trinajstić information content (AvgIpc) is 2.39. The smallest absolute Gasteiger partial charge is 0.150 e. The van der Waals surface area contributed by atoms with Crippen LogP contribution in [0.15, 0.2) is 24.3 Å². The molecule has 1 aliphatic rings. The number of aldehydes is 1. The fourth-order valence-electron chi connectivity index (χ4n) is 2.26. The maximum absolute atomic E-state index is 14.3. The highest BCUT2D eigenvalue weighted by atomic mass is 19.1. The lowest BCUT2D eigenvalue weighted by atomic mass is 9.87. The predicted octanol–water partition coefficient (Wildman–Crippen LogP) is 2.51. The van der Waals surface area contributed by atoms with Crippen molar-refractivity contribution in [2.45, 2.75) is 19.0 Å². The molecule has 1 heterocycles. The third-order valence-corrected chi connectivity index (χ3v) is 3.22. The van der Waals surface area contributed by atoms with Crippen LogP contribution in [0.2, 0.25) is 0 Å². The molecule has 86 valence electrons. The van der Waals surface area contributed by atoms with E-state index in [1.165, 1.54) is 0 Å². The van der Waals surface area contributed by atoms with Crippen LogP contribution in [0.4, 0.5) is 4.39 Å². The molecule has 2 rings (SSSR count). The minimum atomic E-state index is -1.01. The Morgan fingerprint density at radius 2 is 2.00 bits per heavy atom. The number of carbonyl (C=O) groups excluding carboxylic acids is 1. The molecule has 0 amide bonds. The summed E-state index contributed by atoms with van der Waals surface area (Å²) < 4.78 is 14.3. The third kappa shape index (κ3) is 2.30. The van der Waals surface area contributed by atoms with Gasteiger partial charge in [-0.25, -0.2) is 4.39 Å². The summed E-state index contributed by atoms with van der Waals surface area (Å²) >= 11 is 0. The van der Waals surface area contributed by atoms with Gasteiger partial charge in [0.2, 0.25) is 0 Å². The fraction of sp³-hybridized carbons (Fsp3) is 0.462. The summed E-state index contributed by atoms with van der Waals surface area (Å²) in [7, 11) is 0. The van der Waals surface area contributed by atoms with Crippen molar-refractivity contribution in [1.29, 1.82) is 0 Å². The summed E-state index contributed by atoms with van der Waals surface area (Å²) in [6.45, 7) is 1.74. The Balaban J connectivity index is 2.18. The summed E-state index contributed by atoms with van der Waals surface area (Å²) in [6.07, 6.45) is 1.41. The number of halogens is 1. The van der Waals surface area contributed by atoms with E-state index in [4.69, 9.17) is 0 Å². The zero-order chi connectivity index (χ0) is 11.4. The number of benzene rings is 1. The van der Waals surface area contributed by atoms with Gasteiger partial charge in [-0.05, 0) is 37.4 Å². The molecule has 3 heteroatoms. The van der Waals surface area contributed by atoms with Crippen LogP contribution in [0.1, 0.15) is 34.9 Å². The fourth-order valence-corrected chi connectivity index (χ4v) is 2.26. The molecule has 1 fully saturated rings. The van der Waals surface area contributed by atoms with E-state index in [0.29, 0.717) is 11.1 Å². The molecule has 0 bridgehead atoms. The van der Waals surface area contributed by atoms with E-state index in [1.54, 1.807) is 24.3 Å². The first kappa shape index (κ1) is 11.3. The number of rotatable bonds is 3. The van der Waals surface area contributed by atoms with Crippen LogP contribution in [0, 0.1) is 5.92 Å². The summed E-state index contributed by atoms with van der Waals surface area (Å²) in [5.41, 5.74) is 1.03. The van der Waals surface area contributed by atoms with Crippen LogP contribution in [-0.4, -0.2) is 19.4 Å². The highest BCUT2D eigenvalue weighted by Crippen LogP contribution is 2.33. The van der Waals surface area contributed by atoms with Crippen LogP contribution >= 0.6 is 0 Å². The SMILES string of the molecule is O=Cc1ccccc1C(F)C1CCNCC1. The molecular formula is C13H16FNO. The highest BCUT2D eigenvalue weighted by Gasteiger charge is 2.25. The summed E-state index contributed by atoms with van der Waals surface area (Å²) in [5, 5.41) is 3.21. The minimum absolute atomic E-state index is 0.0438. The largest absolute Gasteiger partial charge is 0.317 e. The van der Waals surface area contributed by atoms with Gasteiger partial charge in [0.25, 0.3) is 0 Å². The molecule has 2 nitrogen and oxygen atoms in total. The molecule has 1 aromatic rings. The minimum Gasteiger partial charge on any atom is -0.317 e. The van der Waals surface area contributed by atoms with Crippen molar-refractivity contribution >= 4 is 6.29 Å². The molecule has 1 aromatic carbocycles. The van der Waals surface area contributed by atoms with Gasteiger partial charge >= 0.3 is 0 Å². The Bertz CT molecular complexity index is 361. The molecule has 0 aromatic heterocycles. The number of carbonyl (C=O) groups is 1. The summed E-state index contributed by atoms with van der Waals surface area (Å²) in [4.78, 5) is 10.8. The number of hydrogen-bond acceptors (Lipinski definition) is 2. The lowest BCUT2D eigenvalue weighted by Crippen LogP contribution is -2.30.